The van der Waals surface area contributed by atoms with E-state index in [1.807, 2.05) is 20.8 Å². The van der Waals surface area contributed by atoms with Crippen molar-refractivity contribution in [2.75, 3.05) is 20.8 Å². The predicted octanol–water partition coefficient (Wildman–Crippen LogP) is 4.17. The second-order valence-corrected chi connectivity index (χ2v) is 9.59. The third kappa shape index (κ3) is 7.52. The van der Waals surface area contributed by atoms with Gasteiger partial charge in [0.25, 0.3) is 0 Å². The van der Waals surface area contributed by atoms with Crippen molar-refractivity contribution in [3.05, 3.63) is 35.6 Å². The molecule has 0 spiro atoms. The number of hydrogen-bond acceptors (Lipinski definition) is 6. The average Bonchev–Trinajstić information content (AvgIpc) is 3.23. The number of benzene rings is 1. The molecular formula is C25H36FNO6. The Morgan fingerprint density at radius 2 is 1.79 bits per heavy atom. The number of methoxy groups -OCH3 is 2. The fourth-order valence-corrected chi connectivity index (χ4v) is 4.30. The van der Waals surface area contributed by atoms with Gasteiger partial charge in [0.05, 0.1) is 25.2 Å². The van der Waals surface area contributed by atoms with E-state index >= 15 is 0 Å². The first-order valence-electron chi connectivity index (χ1n) is 11.3. The van der Waals surface area contributed by atoms with Crippen molar-refractivity contribution < 1.29 is 33.0 Å². The van der Waals surface area contributed by atoms with Crippen LogP contribution < -0.4 is 0 Å². The van der Waals surface area contributed by atoms with E-state index in [1.54, 1.807) is 24.0 Å². The molecule has 1 aromatic carbocycles. The number of carbonyl (C=O) groups excluding carboxylic acids is 3. The minimum atomic E-state index is -0.696. The molecule has 2 rings (SSSR count). The standard InChI is InChI=1S/C25H36FNO6/c1-16(22(31-5)20-8-7-13-27(20)24(30)33-25(2,3)4)21(28)15-18(23(29)32-6)14-17-9-11-19(26)12-10-17/h9-12,16,18,20,22H,7-8,13-15H2,1-6H3/t16-,18+,20-,22+/m0/s1. The number of rotatable bonds is 9. The normalized spacial score (nSPS) is 19.0. The number of ether oxygens (including phenoxy) is 3. The maximum atomic E-state index is 13.2. The van der Waals surface area contributed by atoms with Gasteiger partial charge < -0.3 is 19.1 Å². The molecule has 33 heavy (non-hydrogen) atoms. The Morgan fingerprint density at radius 3 is 2.33 bits per heavy atom. The van der Waals surface area contributed by atoms with Crippen LogP contribution in [0.3, 0.4) is 0 Å². The summed E-state index contributed by atoms with van der Waals surface area (Å²) in [6, 6.07) is 5.53. The van der Waals surface area contributed by atoms with Crippen LogP contribution in [0, 0.1) is 17.7 Å². The van der Waals surface area contributed by atoms with Gasteiger partial charge in [0, 0.05) is 26.0 Å². The second kappa shape index (κ2) is 11.6. The molecule has 4 atom stereocenters. The number of likely N-dealkylation sites (tertiary alicyclic amines) is 1. The van der Waals surface area contributed by atoms with E-state index in [0.29, 0.717) is 13.0 Å². The molecule has 184 valence electrons. The van der Waals surface area contributed by atoms with Gasteiger partial charge in [-0.05, 0) is 57.7 Å². The Balaban J connectivity index is 2.12. The Kier molecular flexibility index (Phi) is 9.40. The van der Waals surface area contributed by atoms with Crippen molar-refractivity contribution in [3.63, 3.8) is 0 Å². The fourth-order valence-electron chi connectivity index (χ4n) is 4.30. The summed E-state index contributed by atoms with van der Waals surface area (Å²) < 4.78 is 29.4. The fraction of sp³-hybridized carbons (Fsp3) is 0.640. The third-order valence-corrected chi connectivity index (χ3v) is 5.96. The first-order chi connectivity index (χ1) is 15.5. The van der Waals surface area contributed by atoms with E-state index in [2.05, 4.69) is 0 Å². The summed E-state index contributed by atoms with van der Waals surface area (Å²) in [5.41, 5.74) is 0.116. The van der Waals surface area contributed by atoms with Crippen molar-refractivity contribution in [2.24, 2.45) is 11.8 Å². The van der Waals surface area contributed by atoms with Gasteiger partial charge in [-0.3, -0.25) is 9.59 Å². The number of hydrogen-bond donors (Lipinski definition) is 0. The number of ketones is 1. The van der Waals surface area contributed by atoms with E-state index in [4.69, 9.17) is 14.2 Å². The molecule has 0 aliphatic carbocycles. The minimum absolute atomic E-state index is 0.0375. The zero-order valence-corrected chi connectivity index (χ0v) is 20.4. The zero-order valence-electron chi connectivity index (χ0n) is 20.4. The highest BCUT2D eigenvalue weighted by Crippen LogP contribution is 2.29. The highest BCUT2D eigenvalue weighted by molar-refractivity contribution is 5.86. The largest absolute Gasteiger partial charge is 0.469 e. The van der Waals surface area contributed by atoms with Gasteiger partial charge in [-0.2, -0.15) is 0 Å². The van der Waals surface area contributed by atoms with Crippen LogP contribution in [-0.4, -0.2) is 61.3 Å². The van der Waals surface area contributed by atoms with E-state index in [0.717, 1.165) is 12.0 Å². The monoisotopic (exact) mass is 465 g/mol. The van der Waals surface area contributed by atoms with Crippen LogP contribution in [0.5, 0.6) is 0 Å². The van der Waals surface area contributed by atoms with E-state index in [1.165, 1.54) is 26.4 Å². The number of halogens is 1. The summed E-state index contributed by atoms with van der Waals surface area (Å²) in [5.74, 6) is -2.27. The van der Waals surface area contributed by atoms with Crippen molar-refractivity contribution in [1.82, 2.24) is 4.90 Å². The summed E-state index contributed by atoms with van der Waals surface area (Å²) in [6.45, 7) is 7.72. The molecule has 1 fully saturated rings. The van der Waals surface area contributed by atoms with Crippen molar-refractivity contribution in [1.29, 1.82) is 0 Å². The topological polar surface area (TPSA) is 82.1 Å². The van der Waals surface area contributed by atoms with E-state index in [-0.39, 0.29) is 30.5 Å². The quantitative estimate of drug-likeness (QED) is 0.509. The van der Waals surface area contributed by atoms with E-state index in [9.17, 15) is 18.8 Å². The number of esters is 1. The van der Waals surface area contributed by atoms with Crippen LogP contribution in [0.1, 0.15) is 52.5 Å². The Morgan fingerprint density at radius 1 is 1.15 bits per heavy atom. The van der Waals surface area contributed by atoms with Crippen LogP contribution in [-0.2, 0) is 30.2 Å². The molecule has 0 saturated carbocycles. The lowest BCUT2D eigenvalue weighted by atomic mass is 9.85. The molecular weight excluding hydrogens is 429 g/mol. The SMILES string of the molecule is COC(=O)[C@@H](CC(=O)[C@H](C)[C@@H](OC)[C@@H]1CCCN1C(=O)OC(C)(C)C)Cc1ccc(F)cc1. The number of amides is 1. The molecule has 0 unspecified atom stereocenters. The lowest BCUT2D eigenvalue weighted by molar-refractivity contribution is -0.148. The van der Waals surface area contributed by atoms with Gasteiger partial charge in [-0.25, -0.2) is 9.18 Å². The van der Waals surface area contributed by atoms with Crippen LogP contribution in [0.2, 0.25) is 0 Å². The van der Waals surface area contributed by atoms with Gasteiger partial charge in [-0.15, -0.1) is 0 Å². The summed E-state index contributed by atoms with van der Waals surface area (Å²) in [7, 11) is 2.80. The second-order valence-electron chi connectivity index (χ2n) is 9.59. The molecule has 1 saturated heterocycles. The molecule has 7 nitrogen and oxygen atoms in total. The van der Waals surface area contributed by atoms with Gasteiger partial charge in [0.1, 0.15) is 17.2 Å². The summed E-state index contributed by atoms with van der Waals surface area (Å²) >= 11 is 0. The average molecular weight is 466 g/mol. The van der Waals surface area contributed by atoms with Gasteiger partial charge in [0.15, 0.2) is 0 Å². The lowest BCUT2D eigenvalue weighted by Crippen LogP contribution is -2.49. The smallest absolute Gasteiger partial charge is 0.410 e. The van der Waals surface area contributed by atoms with Crippen LogP contribution in [0.4, 0.5) is 9.18 Å². The highest BCUT2D eigenvalue weighted by Gasteiger charge is 2.41. The molecule has 0 aromatic heterocycles. The van der Waals surface area contributed by atoms with Crippen LogP contribution >= 0.6 is 0 Å². The van der Waals surface area contributed by atoms with Crippen molar-refractivity contribution in [3.8, 4) is 0 Å². The Hall–Kier alpha value is -2.48. The molecule has 0 N–H and O–H groups in total. The van der Waals surface area contributed by atoms with Crippen molar-refractivity contribution >= 4 is 17.8 Å². The maximum absolute atomic E-state index is 13.2. The number of nitrogens with zero attached hydrogens (tertiary/aromatic N) is 1. The predicted molar refractivity (Wildman–Crippen MR) is 121 cm³/mol. The molecule has 0 radical (unpaired) electrons. The first-order valence-corrected chi connectivity index (χ1v) is 11.3. The third-order valence-electron chi connectivity index (χ3n) is 5.96. The zero-order chi connectivity index (χ0) is 24.8. The van der Waals surface area contributed by atoms with Crippen LogP contribution in [0.15, 0.2) is 24.3 Å². The minimum Gasteiger partial charge on any atom is -0.469 e. The number of carbonyl (C=O) groups is 3. The Labute approximate surface area is 195 Å². The van der Waals surface area contributed by atoms with E-state index < -0.39 is 35.6 Å². The summed E-state index contributed by atoms with van der Waals surface area (Å²) in [6.07, 6.45) is 0.763. The Bertz CT molecular complexity index is 819. The molecule has 1 heterocycles. The maximum Gasteiger partial charge on any atom is 0.410 e. The van der Waals surface area contributed by atoms with Gasteiger partial charge in [0.2, 0.25) is 0 Å². The van der Waals surface area contributed by atoms with Gasteiger partial charge >= 0.3 is 12.1 Å². The molecule has 8 heteroatoms. The summed E-state index contributed by atoms with van der Waals surface area (Å²) in [5, 5.41) is 0. The number of Topliss-reactive ketones (excluding diaryl/α,β-unsaturated/α-hetero) is 1. The van der Waals surface area contributed by atoms with Gasteiger partial charge in [-0.1, -0.05) is 19.1 Å². The molecule has 0 bridgehead atoms. The molecule has 1 aliphatic rings. The first kappa shape index (κ1) is 26.8. The van der Waals surface area contributed by atoms with Crippen LogP contribution in [0.25, 0.3) is 0 Å². The van der Waals surface area contributed by atoms with Crippen molar-refractivity contribution in [2.45, 2.75) is 71.1 Å². The highest BCUT2D eigenvalue weighted by atomic mass is 19.1. The molecule has 1 aliphatic heterocycles. The summed E-state index contributed by atoms with van der Waals surface area (Å²) in [4.78, 5) is 39.9. The lowest BCUT2D eigenvalue weighted by Gasteiger charge is -2.35. The molecule has 1 amide bonds. The molecule has 1 aromatic rings.